The van der Waals surface area contributed by atoms with Gasteiger partial charge in [0.05, 0.1) is 11.2 Å². The van der Waals surface area contributed by atoms with Crippen molar-refractivity contribution in [3.05, 3.63) is 93.3 Å². The minimum atomic E-state index is -1.21. The summed E-state index contributed by atoms with van der Waals surface area (Å²) >= 11 is 2.15. The first-order chi connectivity index (χ1) is 19.2. The molecule has 0 radical (unpaired) electrons. The van der Waals surface area contributed by atoms with Gasteiger partial charge in [0.25, 0.3) is 5.91 Å². The summed E-state index contributed by atoms with van der Waals surface area (Å²) in [6, 6.07) is 21.1. The van der Waals surface area contributed by atoms with Crippen molar-refractivity contribution >= 4 is 56.8 Å². The molecule has 3 aromatic carbocycles. The van der Waals surface area contributed by atoms with Crippen molar-refractivity contribution in [3.8, 4) is 28.3 Å². The highest BCUT2D eigenvalue weighted by Gasteiger charge is 2.21. The number of fused-ring (bicyclic) bond motifs is 1. The van der Waals surface area contributed by atoms with Gasteiger partial charge in [0, 0.05) is 46.2 Å². The van der Waals surface area contributed by atoms with E-state index in [9.17, 15) is 24.6 Å². The van der Waals surface area contributed by atoms with Crippen LogP contribution in [0.1, 0.15) is 28.6 Å². The van der Waals surface area contributed by atoms with Gasteiger partial charge >= 0.3 is 5.97 Å². The number of halogens is 1. The van der Waals surface area contributed by atoms with Crippen LogP contribution >= 0.6 is 22.6 Å². The molecule has 0 saturated heterocycles. The Bertz CT molecular complexity index is 1800. The Kier molecular flexibility index (Phi) is 7.49. The number of furan rings is 1. The molecule has 5 aromatic rings. The van der Waals surface area contributed by atoms with Crippen molar-refractivity contribution < 1.29 is 29.0 Å². The minimum Gasteiger partial charge on any atom is -0.507 e. The van der Waals surface area contributed by atoms with Crippen molar-refractivity contribution in [2.45, 2.75) is 19.8 Å². The number of benzene rings is 3. The normalized spacial score (nSPS) is 11.1. The topological polar surface area (TPSA) is 122 Å². The first-order valence-electron chi connectivity index (χ1n) is 12.5. The molecule has 202 valence electrons. The molecule has 3 N–H and O–H groups in total. The summed E-state index contributed by atoms with van der Waals surface area (Å²) in [5.74, 6) is -1.27. The molecule has 0 aliphatic heterocycles. The van der Waals surface area contributed by atoms with Gasteiger partial charge < -0.3 is 24.5 Å². The Morgan fingerprint density at radius 1 is 0.975 bits per heavy atom. The quantitative estimate of drug-likeness (QED) is 0.132. The highest BCUT2D eigenvalue weighted by Crippen LogP contribution is 2.37. The lowest BCUT2D eigenvalue weighted by molar-refractivity contribution is -0.134. The molecular weight excluding hydrogens is 623 g/mol. The van der Waals surface area contributed by atoms with E-state index in [0.29, 0.717) is 27.9 Å². The second kappa shape index (κ2) is 11.0. The third-order valence-electron chi connectivity index (χ3n) is 6.72. The Morgan fingerprint density at radius 2 is 1.73 bits per heavy atom. The van der Waals surface area contributed by atoms with Crippen LogP contribution in [0.15, 0.2) is 77.2 Å². The van der Waals surface area contributed by atoms with E-state index >= 15 is 0 Å². The number of aromatic hydroxyl groups is 1. The molecule has 0 saturated carbocycles. The Labute approximate surface area is 243 Å². The fraction of sp³-hybridized carbons (Fsp3) is 0.129. The number of carboxylic acid groups (broad SMARTS) is 1. The molecule has 2 heterocycles. The van der Waals surface area contributed by atoms with E-state index in [1.54, 1.807) is 30.3 Å². The summed E-state index contributed by atoms with van der Waals surface area (Å²) in [6.07, 6.45) is 0.683. The zero-order chi connectivity index (χ0) is 28.6. The van der Waals surface area contributed by atoms with Crippen LogP contribution in [-0.4, -0.2) is 32.4 Å². The van der Waals surface area contributed by atoms with Gasteiger partial charge in [0.2, 0.25) is 5.78 Å². The summed E-state index contributed by atoms with van der Waals surface area (Å²) in [5, 5.41) is 23.0. The third-order valence-corrected chi connectivity index (χ3v) is 7.81. The summed E-state index contributed by atoms with van der Waals surface area (Å²) in [6.45, 7) is 2.01. The number of ketones is 1. The van der Waals surface area contributed by atoms with Gasteiger partial charge in [-0.15, -0.1) is 0 Å². The maximum atomic E-state index is 12.9. The van der Waals surface area contributed by atoms with E-state index in [2.05, 4.69) is 27.9 Å². The molecule has 0 atom stereocenters. The number of phenols is 1. The first kappa shape index (κ1) is 27.2. The molecule has 40 heavy (non-hydrogen) atoms. The number of aromatic nitrogens is 1. The fourth-order valence-corrected chi connectivity index (χ4v) is 5.79. The molecule has 5 rings (SSSR count). The molecule has 0 bridgehead atoms. The van der Waals surface area contributed by atoms with Crippen molar-refractivity contribution in [2.75, 3.05) is 5.32 Å². The smallest absolute Gasteiger partial charge is 0.339 e. The van der Waals surface area contributed by atoms with Gasteiger partial charge in [-0.2, -0.15) is 0 Å². The van der Waals surface area contributed by atoms with Crippen LogP contribution in [0, 0.1) is 3.57 Å². The number of amides is 1. The number of aryl methyl sites for hydroxylation is 2. The molecule has 0 aliphatic carbocycles. The number of rotatable bonds is 8. The lowest BCUT2D eigenvalue weighted by Gasteiger charge is -2.09. The average molecular weight is 648 g/mol. The molecule has 0 unspecified atom stereocenters. The molecule has 0 fully saturated rings. The Morgan fingerprint density at radius 3 is 2.45 bits per heavy atom. The Hall–Kier alpha value is -4.38. The van der Waals surface area contributed by atoms with Crippen molar-refractivity contribution in [3.63, 3.8) is 0 Å². The fourth-order valence-electron chi connectivity index (χ4n) is 4.69. The van der Waals surface area contributed by atoms with Gasteiger partial charge in [0.15, 0.2) is 0 Å². The Balaban J connectivity index is 1.35. The largest absolute Gasteiger partial charge is 0.507 e. The summed E-state index contributed by atoms with van der Waals surface area (Å²) < 4.78 is 8.46. The number of hydrogen-bond donors (Lipinski definition) is 3. The molecule has 0 aliphatic rings. The van der Waals surface area contributed by atoms with Crippen molar-refractivity contribution in [2.24, 2.45) is 7.05 Å². The third kappa shape index (κ3) is 5.24. The number of nitrogens with zero attached hydrogens (tertiary/aromatic N) is 1. The summed E-state index contributed by atoms with van der Waals surface area (Å²) in [4.78, 5) is 37.1. The summed E-state index contributed by atoms with van der Waals surface area (Å²) in [5.41, 5.74) is 4.04. The monoisotopic (exact) mass is 648 g/mol. The van der Waals surface area contributed by atoms with E-state index in [4.69, 9.17) is 4.42 Å². The van der Waals surface area contributed by atoms with E-state index in [1.165, 1.54) is 12.1 Å². The van der Waals surface area contributed by atoms with Gasteiger partial charge in [-0.25, -0.2) is 4.79 Å². The van der Waals surface area contributed by atoms with Gasteiger partial charge in [-0.1, -0.05) is 37.3 Å². The van der Waals surface area contributed by atoms with Gasteiger partial charge in [-0.05, 0) is 70.1 Å². The lowest BCUT2D eigenvalue weighted by Crippen LogP contribution is -2.24. The number of carboxylic acids is 1. The molecule has 1 amide bonds. The molecule has 8 nitrogen and oxygen atoms in total. The molecule has 9 heteroatoms. The minimum absolute atomic E-state index is 0.0954. The second-order valence-corrected chi connectivity index (χ2v) is 10.4. The van der Waals surface area contributed by atoms with Crippen molar-refractivity contribution in [1.29, 1.82) is 0 Å². The highest BCUT2D eigenvalue weighted by molar-refractivity contribution is 14.1. The van der Waals surface area contributed by atoms with Crippen molar-refractivity contribution in [1.82, 2.24) is 4.57 Å². The van der Waals surface area contributed by atoms with Crippen LogP contribution in [0.2, 0.25) is 0 Å². The first-order valence-corrected chi connectivity index (χ1v) is 13.6. The number of aromatic carboxylic acids is 1. The average Bonchev–Trinajstić information content (AvgIpc) is 3.51. The standard InChI is InChI=1S/C31H25IN2O6/c1-3-21-10-11-27(40-21)18-7-5-9-20(14-18)33-30(37)26(36)13-17-6-4-8-19(12-17)29-28(32)22-15-23(31(38)39)25(35)16-24(22)34(29)2/h4-12,14-16,35H,3,13H2,1-2H3,(H,33,37)(H,38,39). The second-order valence-electron chi connectivity index (χ2n) is 9.37. The number of hydrogen-bond acceptors (Lipinski definition) is 5. The number of Topliss-reactive ketones (excluding diaryl/α,β-unsaturated/α-hetero) is 1. The van der Waals surface area contributed by atoms with Crippen LogP contribution in [0.4, 0.5) is 5.69 Å². The predicted octanol–water partition coefficient (Wildman–Crippen LogP) is 6.43. The molecular formula is C31H25IN2O6. The van der Waals surface area contributed by atoms with E-state index < -0.39 is 17.7 Å². The van der Waals surface area contributed by atoms with E-state index in [1.807, 2.05) is 48.9 Å². The summed E-state index contributed by atoms with van der Waals surface area (Å²) in [7, 11) is 1.82. The van der Waals surface area contributed by atoms with Gasteiger partial charge in [-0.3, -0.25) is 9.59 Å². The molecule has 0 spiro atoms. The van der Waals surface area contributed by atoms with Crippen LogP contribution in [0.25, 0.3) is 33.5 Å². The number of carbonyl (C=O) groups excluding carboxylic acids is 2. The van der Waals surface area contributed by atoms with E-state index in [-0.39, 0.29) is 17.7 Å². The lowest BCUT2D eigenvalue weighted by atomic mass is 10.0. The predicted molar refractivity (Wildman–Crippen MR) is 161 cm³/mol. The van der Waals surface area contributed by atoms with E-state index in [0.717, 1.165) is 32.6 Å². The maximum absolute atomic E-state index is 12.9. The van der Waals surface area contributed by atoms with Crippen LogP contribution in [0.5, 0.6) is 5.75 Å². The van der Waals surface area contributed by atoms with Crippen LogP contribution < -0.4 is 5.32 Å². The number of nitrogens with one attached hydrogen (secondary N) is 1. The van der Waals surface area contributed by atoms with Gasteiger partial charge in [0.1, 0.15) is 22.8 Å². The highest BCUT2D eigenvalue weighted by atomic mass is 127. The number of carbonyl (C=O) groups is 3. The zero-order valence-electron chi connectivity index (χ0n) is 21.7. The zero-order valence-corrected chi connectivity index (χ0v) is 23.9. The maximum Gasteiger partial charge on any atom is 0.339 e. The number of anilines is 1. The molecule has 2 aromatic heterocycles. The van der Waals surface area contributed by atoms with Crippen LogP contribution in [0.3, 0.4) is 0 Å². The van der Waals surface area contributed by atoms with Crippen LogP contribution in [-0.2, 0) is 29.5 Å². The SMILES string of the molecule is CCc1ccc(-c2cccc(NC(=O)C(=O)Cc3cccc(-c4c(I)c5cc(C(=O)O)c(O)cc5n4C)c3)c2)o1.